The Bertz CT molecular complexity index is 635. The Kier molecular flexibility index (Phi) is 3.96. The minimum atomic E-state index is -0.543. The van der Waals surface area contributed by atoms with Gasteiger partial charge >= 0.3 is 5.97 Å². The molecule has 0 spiro atoms. The number of aryl methyl sites for hydroxylation is 1. The minimum Gasteiger partial charge on any atom is -0.454 e. The lowest BCUT2D eigenvalue weighted by Gasteiger charge is -2.03. The summed E-state index contributed by atoms with van der Waals surface area (Å²) in [4.78, 5) is 23.1. The predicted octanol–water partition coefficient (Wildman–Crippen LogP) is 2.09. The summed E-state index contributed by atoms with van der Waals surface area (Å²) in [6.45, 7) is 1.39. The molecule has 0 aliphatic heterocycles. The molecule has 100 valence electrons. The predicted molar refractivity (Wildman–Crippen MR) is 69.5 cm³/mol. The zero-order valence-electron chi connectivity index (χ0n) is 10.2. The van der Waals surface area contributed by atoms with Crippen LogP contribution in [0.3, 0.4) is 0 Å². The number of Topliss-reactive ketones (excluding diaryl/α,β-unsaturated/α-hetero) is 1. The van der Waals surface area contributed by atoms with Crippen molar-refractivity contribution in [3.05, 3.63) is 33.6 Å². The largest absolute Gasteiger partial charge is 0.454 e. The van der Waals surface area contributed by atoms with Crippen LogP contribution < -0.4 is 0 Å². The Balaban J connectivity index is 2.08. The van der Waals surface area contributed by atoms with Crippen LogP contribution in [-0.2, 0) is 18.4 Å². The van der Waals surface area contributed by atoms with E-state index in [1.807, 2.05) is 0 Å². The molecule has 0 aromatic carbocycles. The zero-order valence-corrected chi connectivity index (χ0v) is 11.8. The average Bonchev–Trinajstić information content (AvgIpc) is 2.93. The van der Waals surface area contributed by atoms with Crippen LogP contribution in [0, 0.1) is 0 Å². The maximum absolute atomic E-state index is 11.9. The summed E-state index contributed by atoms with van der Waals surface area (Å²) >= 11 is 6.82. The van der Waals surface area contributed by atoms with Crippen molar-refractivity contribution in [2.45, 2.75) is 13.5 Å². The van der Waals surface area contributed by atoms with E-state index in [1.165, 1.54) is 13.0 Å². The maximum Gasteiger partial charge on any atom is 0.355 e. The highest BCUT2D eigenvalue weighted by Crippen LogP contribution is 2.18. The molecule has 2 heterocycles. The van der Waals surface area contributed by atoms with Crippen molar-refractivity contribution in [3.8, 4) is 0 Å². The second kappa shape index (κ2) is 5.50. The molecule has 0 radical (unpaired) electrons. The van der Waals surface area contributed by atoms with Crippen LogP contribution in [0.4, 0.5) is 0 Å². The van der Waals surface area contributed by atoms with Gasteiger partial charge in [-0.2, -0.15) is 0 Å². The van der Waals surface area contributed by atoms with Gasteiger partial charge in [0.25, 0.3) is 0 Å². The van der Waals surface area contributed by atoms with E-state index >= 15 is 0 Å². The number of ether oxygens (including phenoxy) is 1. The van der Waals surface area contributed by atoms with Crippen molar-refractivity contribution in [2.75, 3.05) is 0 Å². The van der Waals surface area contributed by atoms with Gasteiger partial charge in [0.05, 0.1) is 0 Å². The number of halogens is 1. The molecule has 2 aromatic heterocycles. The quantitative estimate of drug-likeness (QED) is 0.638. The summed E-state index contributed by atoms with van der Waals surface area (Å²) in [6.07, 6.45) is 1.58. The fraction of sp³-hybridized carbons (Fsp3) is 0.273. The number of nitrogens with zero attached hydrogens (tertiary/aromatic N) is 3. The van der Waals surface area contributed by atoms with Gasteiger partial charge in [-0.15, -0.1) is 5.10 Å². The van der Waals surface area contributed by atoms with Crippen LogP contribution in [0.25, 0.3) is 0 Å². The summed E-state index contributed by atoms with van der Waals surface area (Å²) in [6, 6.07) is 1.49. The Hall–Kier alpha value is -1.73. The minimum absolute atomic E-state index is 0.0469. The highest BCUT2D eigenvalue weighted by Gasteiger charge is 2.16. The molecular formula is C11H10ClN3O3S. The fourth-order valence-corrected chi connectivity index (χ4v) is 2.05. The normalized spacial score (nSPS) is 10.5. The van der Waals surface area contributed by atoms with Gasteiger partial charge in [-0.3, -0.25) is 4.79 Å². The molecule has 0 fully saturated rings. The first-order valence-corrected chi connectivity index (χ1v) is 6.45. The van der Waals surface area contributed by atoms with Gasteiger partial charge in [0.1, 0.15) is 22.3 Å². The van der Waals surface area contributed by atoms with Gasteiger partial charge in [0.15, 0.2) is 5.78 Å². The van der Waals surface area contributed by atoms with Crippen molar-refractivity contribution < 1.29 is 14.3 Å². The third-order valence-corrected chi connectivity index (χ3v) is 3.45. The molecule has 2 aromatic rings. The van der Waals surface area contributed by atoms with E-state index in [0.29, 0.717) is 21.3 Å². The van der Waals surface area contributed by atoms with Gasteiger partial charge in [-0.1, -0.05) is 16.1 Å². The highest BCUT2D eigenvalue weighted by atomic mass is 35.5. The summed E-state index contributed by atoms with van der Waals surface area (Å²) in [5, 5.41) is 3.74. The first kappa shape index (κ1) is 13.7. The van der Waals surface area contributed by atoms with Gasteiger partial charge in [0.2, 0.25) is 0 Å². The first-order valence-electron chi connectivity index (χ1n) is 5.30. The molecule has 0 saturated heterocycles. The van der Waals surface area contributed by atoms with Crippen LogP contribution in [0.1, 0.15) is 33.5 Å². The number of esters is 1. The van der Waals surface area contributed by atoms with E-state index < -0.39 is 5.97 Å². The Morgan fingerprint density at radius 3 is 2.79 bits per heavy atom. The van der Waals surface area contributed by atoms with Crippen molar-refractivity contribution in [1.82, 2.24) is 14.2 Å². The van der Waals surface area contributed by atoms with Crippen LogP contribution in [0.5, 0.6) is 0 Å². The molecule has 0 bridgehead atoms. The first-order chi connectivity index (χ1) is 8.99. The standard InChI is InChI=1S/C11H10ClN3O3S/c1-6(16)7-3-9(15(2)4-7)11(17)18-5-8-10(12)19-14-13-8/h3-4H,5H2,1-2H3. The molecule has 0 saturated carbocycles. The second-order valence-corrected chi connectivity index (χ2v) is 5.21. The smallest absolute Gasteiger partial charge is 0.355 e. The van der Waals surface area contributed by atoms with Crippen molar-refractivity contribution in [1.29, 1.82) is 0 Å². The third-order valence-electron chi connectivity index (χ3n) is 2.47. The summed E-state index contributed by atoms with van der Waals surface area (Å²) in [5.41, 5.74) is 1.17. The number of aromatic nitrogens is 3. The molecule has 0 aliphatic rings. The maximum atomic E-state index is 11.9. The summed E-state index contributed by atoms with van der Waals surface area (Å²) in [5.74, 6) is -0.652. The zero-order chi connectivity index (χ0) is 14.0. The van der Waals surface area contributed by atoms with E-state index in [4.69, 9.17) is 16.3 Å². The van der Waals surface area contributed by atoms with E-state index in [1.54, 1.807) is 17.8 Å². The highest BCUT2D eigenvalue weighted by molar-refractivity contribution is 7.10. The second-order valence-electron chi connectivity index (χ2n) is 3.85. The number of ketones is 1. The summed E-state index contributed by atoms with van der Waals surface area (Å²) < 4.78 is 10.6. The molecule has 19 heavy (non-hydrogen) atoms. The molecule has 8 heteroatoms. The van der Waals surface area contributed by atoms with E-state index in [9.17, 15) is 9.59 Å². The van der Waals surface area contributed by atoms with Crippen LogP contribution in [0.2, 0.25) is 4.34 Å². The molecule has 0 N–H and O–H groups in total. The molecule has 0 unspecified atom stereocenters. The van der Waals surface area contributed by atoms with E-state index in [-0.39, 0.29) is 12.4 Å². The molecule has 0 amide bonds. The van der Waals surface area contributed by atoms with E-state index in [0.717, 1.165) is 11.5 Å². The monoisotopic (exact) mass is 299 g/mol. The van der Waals surface area contributed by atoms with Crippen molar-refractivity contribution in [2.24, 2.45) is 7.05 Å². The molecule has 2 rings (SSSR count). The van der Waals surface area contributed by atoms with Crippen molar-refractivity contribution in [3.63, 3.8) is 0 Å². The lowest BCUT2D eigenvalue weighted by Crippen LogP contribution is -2.09. The number of hydrogen-bond acceptors (Lipinski definition) is 6. The van der Waals surface area contributed by atoms with Gasteiger partial charge in [-0.25, -0.2) is 4.79 Å². The van der Waals surface area contributed by atoms with Crippen LogP contribution >= 0.6 is 23.1 Å². The summed E-state index contributed by atoms with van der Waals surface area (Å²) in [7, 11) is 1.67. The Morgan fingerprint density at radius 2 is 2.26 bits per heavy atom. The number of rotatable bonds is 4. The number of carbonyl (C=O) groups excluding carboxylic acids is 2. The Morgan fingerprint density at radius 1 is 1.53 bits per heavy atom. The Labute approximate surface area is 118 Å². The third kappa shape index (κ3) is 2.99. The van der Waals surface area contributed by atoms with E-state index in [2.05, 4.69) is 9.59 Å². The van der Waals surface area contributed by atoms with Crippen LogP contribution in [0.15, 0.2) is 12.3 Å². The van der Waals surface area contributed by atoms with Crippen molar-refractivity contribution >= 4 is 34.9 Å². The molecule has 0 aliphatic carbocycles. The topological polar surface area (TPSA) is 74.1 Å². The molecule has 6 nitrogen and oxygen atoms in total. The van der Waals surface area contributed by atoms with Crippen LogP contribution in [-0.4, -0.2) is 25.9 Å². The number of carbonyl (C=O) groups is 2. The van der Waals surface area contributed by atoms with Gasteiger partial charge < -0.3 is 9.30 Å². The van der Waals surface area contributed by atoms with Gasteiger partial charge in [0, 0.05) is 30.3 Å². The SMILES string of the molecule is CC(=O)c1cc(C(=O)OCc2nnsc2Cl)n(C)c1. The fourth-order valence-electron chi connectivity index (χ4n) is 1.45. The lowest BCUT2D eigenvalue weighted by atomic mass is 10.2. The van der Waals surface area contributed by atoms with Gasteiger partial charge in [-0.05, 0) is 13.0 Å². The average molecular weight is 300 g/mol. The number of hydrogen-bond donors (Lipinski definition) is 0. The lowest BCUT2D eigenvalue weighted by molar-refractivity contribution is 0.0456. The molecule has 0 atom stereocenters. The molecular weight excluding hydrogens is 290 g/mol.